The number of nitrogens with zero attached hydrogens (tertiary/aromatic N) is 4. The van der Waals surface area contributed by atoms with Gasteiger partial charge in [-0.05, 0) is 0 Å². The molecular weight excluding hydrogens is 253 g/mol. The van der Waals surface area contributed by atoms with Gasteiger partial charge in [-0.25, -0.2) is 4.98 Å². The van der Waals surface area contributed by atoms with Gasteiger partial charge in [0.1, 0.15) is 13.1 Å². The minimum atomic E-state index is -4.44. The molecule has 1 aromatic rings. The van der Waals surface area contributed by atoms with Crippen LogP contribution in [-0.2, 0) is 17.9 Å². The number of alkyl halides is 3. The molecule has 6 nitrogen and oxygen atoms in total. The van der Waals surface area contributed by atoms with Gasteiger partial charge in [0, 0.05) is 14.0 Å². The molecule has 0 saturated heterocycles. The van der Waals surface area contributed by atoms with E-state index in [0.29, 0.717) is 0 Å². The van der Waals surface area contributed by atoms with Crippen molar-refractivity contribution in [3.63, 3.8) is 0 Å². The van der Waals surface area contributed by atoms with E-state index >= 15 is 0 Å². The molecule has 1 rings (SSSR count). The first-order valence-electron chi connectivity index (χ1n) is 4.90. The monoisotopic (exact) mass is 264 g/mol. The third kappa shape index (κ3) is 3.28. The second-order valence-corrected chi connectivity index (χ2v) is 3.62. The van der Waals surface area contributed by atoms with Gasteiger partial charge in [0.2, 0.25) is 5.91 Å². The summed E-state index contributed by atoms with van der Waals surface area (Å²) in [5.41, 5.74) is -0.0416. The Balaban J connectivity index is 3.14. The van der Waals surface area contributed by atoms with E-state index in [1.54, 1.807) is 0 Å². The van der Waals surface area contributed by atoms with Gasteiger partial charge in [-0.3, -0.25) is 9.69 Å². The minimum absolute atomic E-state index is 0.00588. The van der Waals surface area contributed by atoms with Crippen molar-refractivity contribution in [1.82, 2.24) is 9.55 Å². The Morgan fingerprint density at radius 1 is 1.56 bits per heavy atom. The smallest absolute Gasteiger partial charge is 0.322 e. The number of nitroso groups, excluding NO2 is 1. The van der Waals surface area contributed by atoms with Gasteiger partial charge in [-0.15, -0.1) is 0 Å². The fraction of sp³-hybridized carbons (Fsp3) is 0.556. The number of aromatic nitrogens is 2. The van der Waals surface area contributed by atoms with Gasteiger partial charge in [-0.2, -0.15) is 18.1 Å². The van der Waals surface area contributed by atoms with Crippen LogP contribution < -0.4 is 4.90 Å². The van der Waals surface area contributed by atoms with Crippen LogP contribution in [0.25, 0.3) is 0 Å². The SMILES string of the molecule is CC(=O)N(C)c1ncn(CC(F)(F)F)c1CN=O. The molecule has 0 aliphatic rings. The van der Waals surface area contributed by atoms with Crippen LogP contribution in [0.1, 0.15) is 12.6 Å². The van der Waals surface area contributed by atoms with Crippen LogP contribution >= 0.6 is 0 Å². The van der Waals surface area contributed by atoms with Gasteiger partial charge in [0.05, 0.1) is 12.0 Å². The zero-order chi connectivity index (χ0) is 13.9. The van der Waals surface area contributed by atoms with E-state index in [1.165, 1.54) is 14.0 Å². The van der Waals surface area contributed by atoms with Crippen LogP contribution in [-0.4, -0.2) is 28.7 Å². The summed E-state index contributed by atoms with van der Waals surface area (Å²) >= 11 is 0. The predicted octanol–water partition coefficient (Wildman–Crippen LogP) is 1.69. The summed E-state index contributed by atoms with van der Waals surface area (Å²) in [5, 5.41) is 2.56. The highest BCUT2D eigenvalue weighted by molar-refractivity contribution is 5.90. The normalized spacial score (nSPS) is 11.4. The number of carbonyl (C=O) groups is 1. The highest BCUT2D eigenvalue weighted by atomic mass is 19.4. The number of hydrogen-bond acceptors (Lipinski definition) is 4. The fourth-order valence-electron chi connectivity index (χ4n) is 1.38. The number of anilines is 1. The van der Waals surface area contributed by atoms with Crippen LogP contribution in [0.5, 0.6) is 0 Å². The lowest BCUT2D eigenvalue weighted by Crippen LogP contribution is -2.25. The molecule has 1 amide bonds. The van der Waals surface area contributed by atoms with E-state index < -0.39 is 25.2 Å². The van der Waals surface area contributed by atoms with Gasteiger partial charge >= 0.3 is 6.18 Å². The van der Waals surface area contributed by atoms with Crippen molar-refractivity contribution < 1.29 is 18.0 Å². The van der Waals surface area contributed by atoms with Gasteiger partial charge in [0.15, 0.2) is 5.82 Å². The van der Waals surface area contributed by atoms with Crippen LogP contribution in [0.4, 0.5) is 19.0 Å². The third-order valence-electron chi connectivity index (χ3n) is 2.28. The lowest BCUT2D eigenvalue weighted by molar-refractivity contribution is -0.141. The molecule has 1 heterocycles. The van der Waals surface area contributed by atoms with Crippen molar-refractivity contribution in [2.75, 3.05) is 11.9 Å². The molecule has 0 radical (unpaired) electrons. The van der Waals surface area contributed by atoms with Crippen molar-refractivity contribution in [3.8, 4) is 0 Å². The number of imidazole rings is 1. The lowest BCUT2D eigenvalue weighted by atomic mass is 10.3. The number of carbonyl (C=O) groups excluding carboxylic acids is 1. The van der Waals surface area contributed by atoms with Crippen LogP contribution in [0.2, 0.25) is 0 Å². The maximum absolute atomic E-state index is 12.3. The molecule has 100 valence electrons. The molecule has 0 atom stereocenters. The largest absolute Gasteiger partial charge is 0.406 e. The average molecular weight is 264 g/mol. The Kier molecular flexibility index (Phi) is 4.04. The maximum Gasteiger partial charge on any atom is 0.406 e. The molecule has 18 heavy (non-hydrogen) atoms. The average Bonchev–Trinajstić information content (AvgIpc) is 2.59. The zero-order valence-electron chi connectivity index (χ0n) is 9.73. The summed E-state index contributed by atoms with van der Waals surface area (Å²) in [6, 6.07) is 0. The lowest BCUT2D eigenvalue weighted by Gasteiger charge is -2.15. The van der Waals surface area contributed by atoms with E-state index in [1.807, 2.05) is 0 Å². The summed E-state index contributed by atoms with van der Waals surface area (Å²) in [5.74, 6) is -0.397. The van der Waals surface area contributed by atoms with Crippen molar-refractivity contribution in [1.29, 1.82) is 0 Å². The highest BCUT2D eigenvalue weighted by Crippen LogP contribution is 2.24. The van der Waals surface area contributed by atoms with Crippen LogP contribution in [0.15, 0.2) is 11.5 Å². The van der Waals surface area contributed by atoms with E-state index in [-0.39, 0.29) is 11.5 Å². The molecule has 0 spiro atoms. The van der Waals surface area contributed by atoms with Crippen molar-refractivity contribution in [2.45, 2.75) is 26.2 Å². The maximum atomic E-state index is 12.3. The highest BCUT2D eigenvalue weighted by Gasteiger charge is 2.30. The number of amides is 1. The van der Waals surface area contributed by atoms with Crippen LogP contribution in [0.3, 0.4) is 0 Å². The molecule has 0 aromatic carbocycles. The fourth-order valence-corrected chi connectivity index (χ4v) is 1.38. The number of halogens is 3. The number of rotatable bonds is 4. The Morgan fingerprint density at radius 2 is 2.17 bits per heavy atom. The van der Waals surface area contributed by atoms with Crippen molar-refractivity contribution in [2.24, 2.45) is 5.18 Å². The topological polar surface area (TPSA) is 67.6 Å². The second-order valence-electron chi connectivity index (χ2n) is 3.62. The van der Waals surface area contributed by atoms with Crippen molar-refractivity contribution in [3.05, 3.63) is 16.9 Å². The van der Waals surface area contributed by atoms with Gasteiger partial charge in [-0.1, -0.05) is 5.18 Å². The van der Waals surface area contributed by atoms with E-state index in [0.717, 1.165) is 15.8 Å². The summed E-state index contributed by atoms with van der Waals surface area (Å²) < 4.78 is 37.6. The standard InChI is InChI=1S/C9H11F3N4O2/c1-6(17)15(2)8-7(3-14-18)16(5-13-8)4-9(10,11)12/h5H,3-4H2,1-2H3. The Bertz CT molecular complexity index is 455. The summed E-state index contributed by atoms with van der Waals surface area (Å²) in [7, 11) is 1.36. The van der Waals surface area contributed by atoms with Crippen LogP contribution in [0, 0.1) is 4.91 Å². The third-order valence-corrected chi connectivity index (χ3v) is 2.28. The van der Waals surface area contributed by atoms with E-state index in [4.69, 9.17) is 0 Å². The predicted molar refractivity (Wildman–Crippen MR) is 56.9 cm³/mol. The Hall–Kier alpha value is -1.93. The van der Waals surface area contributed by atoms with E-state index in [2.05, 4.69) is 10.2 Å². The van der Waals surface area contributed by atoms with Crippen molar-refractivity contribution >= 4 is 11.7 Å². The summed E-state index contributed by atoms with van der Waals surface area (Å²) in [6.45, 7) is -0.527. The number of hydrogen-bond donors (Lipinski definition) is 0. The quantitative estimate of drug-likeness (QED) is 0.777. The molecule has 0 aliphatic carbocycles. The molecule has 0 saturated carbocycles. The first-order valence-corrected chi connectivity index (χ1v) is 4.90. The minimum Gasteiger partial charge on any atom is -0.322 e. The second kappa shape index (κ2) is 5.15. The zero-order valence-corrected chi connectivity index (χ0v) is 9.73. The molecular formula is C9H11F3N4O2. The summed E-state index contributed by atoms with van der Waals surface area (Å²) in [4.78, 5) is 26.2. The molecule has 0 N–H and O–H groups in total. The molecule has 1 aromatic heterocycles. The molecule has 0 fully saturated rings. The van der Waals surface area contributed by atoms with Gasteiger partial charge < -0.3 is 4.57 Å². The first-order chi connectivity index (χ1) is 8.26. The summed E-state index contributed by atoms with van der Waals surface area (Å²) in [6.07, 6.45) is -3.51. The Labute approximate surface area is 100 Å². The first kappa shape index (κ1) is 14.1. The molecule has 0 unspecified atom stereocenters. The molecule has 0 bridgehead atoms. The molecule has 9 heteroatoms. The van der Waals surface area contributed by atoms with E-state index in [9.17, 15) is 22.9 Å². The Morgan fingerprint density at radius 3 is 2.61 bits per heavy atom. The van der Waals surface area contributed by atoms with Gasteiger partial charge in [0.25, 0.3) is 0 Å². The molecule has 0 aliphatic heterocycles.